The van der Waals surface area contributed by atoms with E-state index in [1.165, 1.54) is 0 Å². The van der Waals surface area contributed by atoms with E-state index in [-0.39, 0.29) is 11.9 Å². The molecule has 4 heteroatoms. The second kappa shape index (κ2) is 7.10. The molecule has 1 fully saturated rings. The number of hydrogen-bond acceptors (Lipinski definition) is 4. The lowest BCUT2D eigenvalue weighted by Crippen LogP contribution is -2.44. The molecule has 3 atom stereocenters. The van der Waals surface area contributed by atoms with Crippen molar-refractivity contribution in [2.24, 2.45) is 5.92 Å². The van der Waals surface area contributed by atoms with E-state index in [0.717, 1.165) is 32.1 Å². The van der Waals surface area contributed by atoms with Gasteiger partial charge in [-0.3, -0.25) is 4.79 Å². The van der Waals surface area contributed by atoms with Crippen LogP contribution in [0.5, 0.6) is 0 Å². The predicted octanol–water partition coefficient (Wildman–Crippen LogP) is 1.86. The Kier molecular flexibility index (Phi) is 6.09. The maximum atomic E-state index is 11.7. The Morgan fingerprint density at radius 3 is 2.78 bits per heavy atom. The molecule has 0 aromatic carbocycles. The molecule has 0 heterocycles. The van der Waals surface area contributed by atoms with Crippen LogP contribution in [0.1, 0.15) is 52.9 Å². The van der Waals surface area contributed by atoms with Crippen molar-refractivity contribution in [3.05, 3.63) is 0 Å². The van der Waals surface area contributed by atoms with Crippen LogP contribution < -0.4 is 5.32 Å². The van der Waals surface area contributed by atoms with Crippen LogP contribution in [0.15, 0.2) is 0 Å². The van der Waals surface area contributed by atoms with Gasteiger partial charge in [-0.05, 0) is 39.5 Å². The molecule has 2 N–H and O–H groups in total. The Morgan fingerprint density at radius 1 is 1.44 bits per heavy atom. The number of carbonyl (C=O) groups is 1. The van der Waals surface area contributed by atoms with Crippen LogP contribution in [0.25, 0.3) is 0 Å². The molecular weight excluding hydrogens is 230 g/mol. The Balaban J connectivity index is 2.37. The lowest BCUT2D eigenvalue weighted by atomic mass is 9.85. The second-order valence-electron chi connectivity index (χ2n) is 5.54. The van der Waals surface area contributed by atoms with Crippen molar-refractivity contribution in [1.82, 2.24) is 5.32 Å². The molecule has 1 saturated carbocycles. The summed E-state index contributed by atoms with van der Waals surface area (Å²) in [7, 11) is 0. The summed E-state index contributed by atoms with van der Waals surface area (Å²) in [6.45, 7) is 6.70. The fourth-order valence-electron chi connectivity index (χ4n) is 2.34. The van der Waals surface area contributed by atoms with Crippen LogP contribution in [-0.2, 0) is 9.53 Å². The summed E-state index contributed by atoms with van der Waals surface area (Å²) in [4.78, 5) is 11.7. The molecule has 1 aliphatic carbocycles. The minimum absolute atomic E-state index is 0.0303. The normalized spacial score (nSPS) is 27.6. The van der Waals surface area contributed by atoms with Crippen LogP contribution in [0, 0.1) is 5.92 Å². The van der Waals surface area contributed by atoms with E-state index >= 15 is 0 Å². The molecule has 0 radical (unpaired) electrons. The van der Waals surface area contributed by atoms with Crippen molar-refractivity contribution in [3.63, 3.8) is 0 Å². The maximum absolute atomic E-state index is 11.7. The fraction of sp³-hybridized carbons (Fsp3) is 0.929. The minimum atomic E-state index is -0.656. The highest BCUT2D eigenvalue weighted by Crippen LogP contribution is 2.25. The first-order valence-electron chi connectivity index (χ1n) is 7.11. The predicted molar refractivity (Wildman–Crippen MR) is 71.3 cm³/mol. The number of rotatable bonds is 6. The van der Waals surface area contributed by atoms with Gasteiger partial charge in [-0.2, -0.15) is 0 Å². The first kappa shape index (κ1) is 15.4. The van der Waals surface area contributed by atoms with Gasteiger partial charge in [0.15, 0.2) is 0 Å². The number of nitrogens with one attached hydrogen (secondary N) is 1. The molecule has 0 spiro atoms. The summed E-state index contributed by atoms with van der Waals surface area (Å²) in [5, 5.41) is 13.3. The summed E-state index contributed by atoms with van der Waals surface area (Å²) in [5.74, 6) is -0.0333. The van der Waals surface area contributed by atoms with Crippen molar-refractivity contribution in [2.75, 3.05) is 13.2 Å². The molecule has 0 aromatic rings. The molecular formula is C14H27NO3. The van der Waals surface area contributed by atoms with Crippen molar-refractivity contribution in [2.45, 2.75) is 64.5 Å². The average molecular weight is 257 g/mol. The third-order valence-electron chi connectivity index (χ3n) is 3.83. The van der Waals surface area contributed by atoms with Gasteiger partial charge in [0, 0.05) is 12.6 Å². The van der Waals surface area contributed by atoms with Gasteiger partial charge in [-0.25, -0.2) is 0 Å². The molecule has 1 aliphatic rings. The largest absolute Gasteiger partial charge is 0.466 e. The Hall–Kier alpha value is -0.610. The molecule has 0 aromatic heterocycles. The van der Waals surface area contributed by atoms with Gasteiger partial charge in [-0.15, -0.1) is 0 Å². The average Bonchev–Trinajstić information content (AvgIpc) is 2.37. The van der Waals surface area contributed by atoms with Crippen LogP contribution in [-0.4, -0.2) is 35.9 Å². The smallest absolute Gasteiger partial charge is 0.308 e. The third-order valence-corrected chi connectivity index (χ3v) is 3.83. The molecule has 1 rings (SSSR count). The van der Waals surface area contributed by atoms with Gasteiger partial charge in [0.1, 0.15) is 0 Å². The summed E-state index contributed by atoms with van der Waals surface area (Å²) in [6.07, 6.45) is 4.62. The summed E-state index contributed by atoms with van der Waals surface area (Å²) in [5.41, 5.74) is -0.656. The first-order valence-corrected chi connectivity index (χ1v) is 7.11. The highest BCUT2D eigenvalue weighted by atomic mass is 16.5. The van der Waals surface area contributed by atoms with E-state index in [0.29, 0.717) is 19.2 Å². The lowest BCUT2D eigenvalue weighted by molar-refractivity contribution is -0.149. The van der Waals surface area contributed by atoms with Crippen molar-refractivity contribution < 1.29 is 14.6 Å². The van der Waals surface area contributed by atoms with E-state index in [1.54, 1.807) is 0 Å². The topological polar surface area (TPSA) is 58.6 Å². The number of hydrogen-bond donors (Lipinski definition) is 2. The zero-order valence-electron chi connectivity index (χ0n) is 11.9. The minimum Gasteiger partial charge on any atom is -0.466 e. The highest BCUT2D eigenvalue weighted by molar-refractivity contribution is 5.72. The van der Waals surface area contributed by atoms with Crippen molar-refractivity contribution >= 4 is 5.97 Å². The summed E-state index contributed by atoms with van der Waals surface area (Å²) < 4.78 is 5.08. The van der Waals surface area contributed by atoms with Gasteiger partial charge in [0.05, 0.1) is 18.1 Å². The number of aliphatic hydroxyl groups is 1. The molecule has 0 aliphatic heterocycles. The SMILES string of the molecule is CCOC(=O)C1CCCC(NCC(C)(O)CC)C1. The monoisotopic (exact) mass is 257 g/mol. The second-order valence-corrected chi connectivity index (χ2v) is 5.54. The first-order chi connectivity index (χ1) is 8.48. The van der Waals surface area contributed by atoms with Crippen LogP contribution in [0.2, 0.25) is 0 Å². The quantitative estimate of drug-likeness (QED) is 0.713. The molecule has 18 heavy (non-hydrogen) atoms. The standard InChI is InChI=1S/C14H27NO3/c1-4-14(3,17)10-15-12-8-6-7-11(9-12)13(16)18-5-2/h11-12,15,17H,4-10H2,1-3H3. The molecule has 0 amide bonds. The zero-order valence-corrected chi connectivity index (χ0v) is 11.9. The highest BCUT2D eigenvalue weighted by Gasteiger charge is 2.29. The summed E-state index contributed by atoms with van der Waals surface area (Å²) >= 11 is 0. The van der Waals surface area contributed by atoms with E-state index in [4.69, 9.17) is 4.74 Å². The van der Waals surface area contributed by atoms with Gasteiger partial charge in [0.25, 0.3) is 0 Å². The van der Waals surface area contributed by atoms with E-state index in [2.05, 4.69) is 5.32 Å². The van der Waals surface area contributed by atoms with Crippen LogP contribution in [0.3, 0.4) is 0 Å². The van der Waals surface area contributed by atoms with Crippen molar-refractivity contribution in [3.8, 4) is 0 Å². The van der Waals surface area contributed by atoms with Gasteiger partial charge >= 0.3 is 5.97 Å². The van der Waals surface area contributed by atoms with Gasteiger partial charge in [0.2, 0.25) is 0 Å². The molecule has 0 bridgehead atoms. The molecule has 3 unspecified atom stereocenters. The Bertz CT molecular complexity index is 266. The zero-order chi connectivity index (χ0) is 13.6. The lowest BCUT2D eigenvalue weighted by Gasteiger charge is -2.31. The fourth-order valence-corrected chi connectivity index (χ4v) is 2.34. The summed E-state index contributed by atoms with van der Waals surface area (Å²) in [6, 6.07) is 0.325. The maximum Gasteiger partial charge on any atom is 0.308 e. The van der Waals surface area contributed by atoms with E-state index in [1.807, 2.05) is 20.8 Å². The molecule has 106 valence electrons. The van der Waals surface area contributed by atoms with Crippen LogP contribution in [0.4, 0.5) is 0 Å². The molecule has 0 saturated heterocycles. The molecule has 4 nitrogen and oxygen atoms in total. The van der Waals surface area contributed by atoms with Crippen molar-refractivity contribution in [1.29, 1.82) is 0 Å². The van der Waals surface area contributed by atoms with E-state index < -0.39 is 5.60 Å². The van der Waals surface area contributed by atoms with E-state index in [9.17, 15) is 9.90 Å². The Labute approximate surface area is 110 Å². The number of ether oxygens (including phenoxy) is 1. The van der Waals surface area contributed by atoms with Gasteiger partial charge < -0.3 is 15.2 Å². The number of carbonyl (C=O) groups excluding carboxylic acids is 1. The van der Waals surface area contributed by atoms with Crippen LogP contribution >= 0.6 is 0 Å². The number of esters is 1. The van der Waals surface area contributed by atoms with Gasteiger partial charge in [-0.1, -0.05) is 13.3 Å². The third kappa shape index (κ3) is 4.94. The Morgan fingerprint density at radius 2 is 2.17 bits per heavy atom.